The molecule has 1 heterocycles. The molecule has 0 saturated carbocycles. The van der Waals surface area contributed by atoms with Gasteiger partial charge < -0.3 is 4.90 Å². The predicted molar refractivity (Wildman–Crippen MR) is 64.1 cm³/mol. The summed E-state index contributed by atoms with van der Waals surface area (Å²) in [6.07, 6.45) is 2.75. The smallest absolute Gasteiger partial charge is 0.222 e. The molecule has 0 aromatic rings. The molecule has 1 amide bonds. The molecule has 0 N–H and O–H groups in total. The maximum absolute atomic E-state index is 11.7. The lowest BCUT2D eigenvalue weighted by Gasteiger charge is -2.17. The van der Waals surface area contributed by atoms with E-state index in [1.165, 1.54) is 0 Å². The fourth-order valence-corrected chi connectivity index (χ4v) is 2.11. The number of hydrogen-bond donors (Lipinski definition) is 0. The third-order valence-electron chi connectivity index (χ3n) is 3.47. The second-order valence-corrected chi connectivity index (χ2v) is 5.04. The van der Waals surface area contributed by atoms with E-state index in [0.29, 0.717) is 36.9 Å². The maximum atomic E-state index is 11.7. The first-order chi connectivity index (χ1) is 7.54. The molecule has 0 aromatic carbocycles. The molecule has 92 valence electrons. The van der Waals surface area contributed by atoms with Crippen molar-refractivity contribution in [2.45, 2.75) is 46.5 Å². The molecule has 0 spiro atoms. The zero-order valence-corrected chi connectivity index (χ0v) is 10.7. The highest BCUT2D eigenvalue weighted by molar-refractivity contribution is 5.79. The number of Topliss-reactive ketones (excluding diaryl/α,β-unsaturated/α-hetero) is 1. The molecule has 1 unspecified atom stereocenters. The Balaban J connectivity index is 2.28. The molecule has 16 heavy (non-hydrogen) atoms. The Kier molecular flexibility index (Phi) is 4.97. The number of carbonyl (C=O) groups excluding carboxylic acids is 2. The first-order valence-corrected chi connectivity index (χ1v) is 6.34. The summed E-state index contributed by atoms with van der Waals surface area (Å²) >= 11 is 0. The van der Waals surface area contributed by atoms with Crippen molar-refractivity contribution in [3.8, 4) is 0 Å². The number of carbonyl (C=O) groups is 2. The van der Waals surface area contributed by atoms with Crippen molar-refractivity contribution in [2.24, 2.45) is 11.8 Å². The summed E-state index contributed by atoms with van der Waals surface area (Å²) in [5, 5.41) is 0. The van der Waals surface area contributed by atoms with Crippen LogP contribution >= 0.6 is 0 Å². The van der Waals surface area contributed by atoms with Crippen LogP contribution in [0.4, 0.5) is 0 Å². The maximum Gasteiger partial charge on any atom is 0.222 e. The molecule has 3 nitrogen and oxygen atoms in total. The zero-order chi connectivity index (χ0) is 12.1. The third-order valence-corrected chi connectivity index (χ3v) is 3.47. The van der Waals surface area contributed by atoms with Crippen LogP contribution in [-0.2, 0) is 9.59 Å². The lowest BCUT2D eigenvalue weighted by atomic mass is 9.95. The third kappa shape index (κ3) is 3.62. The second kappa shape index (κ2) is 6.02. The van der Waals surface area contributed by atoms with Gasteiger partial charge in [0.2, 0.25) is 5.91 Å². The van der Waals surface area contributed by atoms with E-state index < -0.39 is 0 Å². The van der Waals surface area contributed by atoms with Gasteiger partial charge >= 0.3 is 0 Å². The Morgan fingerprint density at radius 3 is 2.69 bits per heavy atom. The van der Waals surface area contributed by atoms with Gasteiger partial charge in [0.25, 0.3) is 0 Å². The Hall–Kier alpha value is -0.860. The minimum absolute atomic E-state index is 0.266. The second-order valence-electron chi connectivity index (χ2n) is 5.04. The van der Waals surface area contributed by atoms with Crippen molar-refractivity contribution in [1.29, 1.82) is 0 Å². The van der Waals surface area contributed by atoms with Crippen LogP contribution in [0.25, 0.3) is 0 Å². The van der Waals surface area contributed by atoms with Crippen LogP contribution in [0.2, 0.25) is 0 Å². The van der Waals surface area contributed by atoms with Gasteiger partial charge in [0.05, 0.1) is 0 Å². The van der Waals surface area contributed by atoms with E-state index in [9.17, 15) is 9.59 Å². The van der Waals surface area contributed by atoms with E-state index in [1.807, 2.05) is 11.8 Å². The molecule has 0 aliphatic carbocycles. The fraction of sp³-hybridized carbons (Fsp3) is 0.846. The quantitative estimate of drug-likeness (QED) is 0.695. The highest BCUT2D eigenvalue weighted by Gasteiger charge is 2.30. The summed E-state index contributed by atoms with van der Waals surface area (Å²) in [5.74, 6) is 1.65. The highest BCUT2D eigenvalue weighted by atomic mass is 16.2. The molecule has 0 bridgehead atoms. The summed E-state index contributed by atoms with van der Waals surface area (Å²) in [5.41, 5.74) is 0. The van der Waals surface area contributed by atoms with Crippen LogP contribution in [0, 0.1) is 11.8 Å². The minimum Gasteiger partial charge on any atom is -0.342 e. The molecular formula is C13H23NO2. The van der Waals surface area contributed by atoms with E-state index in [4.69, 9.17) is 0 Å². The van der Waals surface area contributed by atoms with Crippen LogP contribution in [0.3, 0.4) is 0 Å². The first-order valence-electron chi connectivity index (χ1n) is 6.34. The first kappa shape index (κ1) is 13.2. The van der Waals surface area contributed by atoms with Crippen LogP contribution in [0.15, 0.2) is 0 Å². The van der Waals surface area contributed by atoms with Crippen molar-refractivity contribution in [3.05, 3.63) is 0 Å². The van der Waals surface area contributed by atoms with Gasteiger partial charge in [-0.25, -0.2) is 0 Å². The van der Waals surface area contributed by atoms with Gasteiger partial charge in [-0.15, -0.1) is 0 Å². The average molecular weight is 225 g/mol. The molecule has 3 heteroatoms. The van der Waals surface area contributed by atoms with E-state index >= 15 is 0 Å². The average Bonchev–Trinajstić information content (AvgIpc) is 2.60. The number of nitrogens with zero attached hydrogens (tertiary/aromatic N) is 1. The van der Waals surface area contributed by atoms with E-state index in [1.54, 1.807) is 0 Å². The summed E-state index contributed by atoms with van der Waals surface area (Å²) in [7, 11) is 0. The summed E-state index contributed by atoms with van der Waals surface area (Å²) < 4.78 is 0. The zero-order valence-electron chi connectivity index (χ0n) is 10.7. The number of amides is 1. The molecular weight excluding hydrogens is 202 g/mol. The Labute approximate surface area is 98.2 Å². The van der Waals surface area contributed by atoms with Gasteiger partial charge in [-0.1, -0.05) is 20.8 Å². The van der Waals surface area contributed by atoms with E-state index in [0.717, 1.165) is 19.5 Å². The highest BCUT2D eigenvalue weighted by Crippen LogP contribution is 2.24. The van der Waals surface area contributed by atoms with Crippen LogP contribution in [0.5, 0.6) is 0 Å². The van der Waals surface area contributed by atoms with Crippen LogP contribution in [0.1, 0.15) is 46.5 Å². The number of hydrogen-bond acceptors (Lipinski definition) is 2. The SMILES string of the molecule is CCC(=O)CCCN1CC(C(C)C)CC1=O. The number of ketones is 1. The Morgan fingerprint density at radius 2 is 2.19 bits per heavy atom. The predicted octanol–water partition coefficient (Wildman–Crippen LogP) is 2.25. The largest absolute Gasteiger partial charge is 0.342 e. The minimum atomic E-state index is 0.266. The Bertz CT molecular complexity index is 261. The van der Waals surface area contributed by atoms with Crippen molar-refractivity contribution in [1.82, 2.24) is 4.90 Å². The molecule has 1 saturated heterocycles. The number of rotatable bonds is 6. The van der Waals surface area contributed by atoms with Crippen molar-refractivity contribution >= 4 is 11.7 Å². The summed E-state index contributed by atoms with van der Waals surface area (Å²) in [6, 6.07) is 0. The van der Waals surface area contributed by atoms with Crippen molar-refractivity contribution in [3.63, 3.8) is 0 Å². The normalized spacial score (nSPS) is 20.9. The molecule has 1 fully saturated rings. The topological polar surface area (TPSA) is 37.4 Å². The monoisotopic (exact) mass is 225 g/mol. The van der Waals surface area contributed by atoms with Gasteiger partial charge in [0.15, 0.2) is 0 Å². The molecule has 1 rings (SSSR count). The lowest BCUT2D eigenvalue weighted by molar-refractivity contribution is -0.128. The van der Waals surface area contributed by atoms with Crippen molar-refractivity contribution < 1.29 is 9.59 Å². The summed E-state index contributed by atoms with van der Waals surface area (Å²) in [6.45, 7) is 7.87. The van der Waals surface area contributed by atoms with Gasteiger partial charge in [-0.2, -0.15) is 0 Å². The molecule has 0 radical (unpaired) electrons. The fourth-order valence-electron chi connectivity index (χ4n) is 2.11. The molecule has 0 aromatic heterocycles. The van der Waals surface area contributed by atoms with E-state index in [-0.39, 0.29) is 5.91 Å². The van der Waals surface area contributed by atoms with Gasteiger partial charge in [0, 0.05) is 32.4 Å². The van der Waals surface area contributed by atoms with Gasteiger partial charge in [-0.3, -0.25) is 9.59 Å². The van der Waals surface area contributed by atoms with Crippen molar-refractivity contribution in [2.75, 3.05) is 13.1 Å². The number of likely N-dealkylation sites (tertiary alicyclic amines) is 1. The standard InChI is InChI=1S/C13H23NO2/c1-4-12(15)6-5-7-14-9-11(10(2)3)8-13(14)16/h10-11H,4-9H2,1-3H3. The van der Waals surface area contributed by atoms with Crippen LogP contribution in [-0.4, -0.2) is 29.7 Å². The molecule has 1 atom stereocenters. The van der Waals surface area contributed by atoms with E-state index in [2.05, 4.69) is 13.8 Å². The van der Waals surface area contributed by atoms with Gasteiger partial charge in [-0.05, 0) is 18.3 Å². The molecule has 1 aliphatic heterocycles. The Morgan fingerprint density at radius 1 is 1.50 bits per heavy atom. The van der Waals surface area contributed by atoms with Gasteiger partial charge in [0.1, 0.15) is 5.78 Å². The lowest BCUT2D eigenvalue weighted by Crippen LogP contribution is -2.27. The van der Waals surface area contributed by atoms with Crippen LogP contribution < -0.4 is 0 Å². The molecule has 1 aliphatic rings. The summed E-state index contributed by atoms with van der Waals surface area (Å²) in [4.78, 5) is 24.7.